The van der Waals surface area contributed by atoms with E-state index in [-0.39, 0.29) is 11.9 Å². The molecule has 1 fully saturated rings. The van der Waals surface area contributed by atoms with E-state index in [0.29, 0.717) is 6.54 Å². The molecule has 1 aromatic carbocycles. The third-order valence-electron chi connectivity index (χ3n) is 6.29. The van der Waals surface area contributed by atoms with Crippen molar-refractivity contribution in [3.8, 4) is 0 Å². The molecule has 2 rings (SSSR count). The van der Waals surface area contributed by atoms with Crippen molar-refractivity contribution < 1.29 is 23.9 Å². The number of hydrogen-bond acceptors (Lipinski definition) is 5. The molecule has 0 aliphatic heterocycles. The Morgan fingerprint density at radius 3 is 2.22 bits per heavy atom. The van der Waals surface area contributed by atoms with Crippen LogP contribution in [0.25, 0.3) is 0 Å². The van der Waals surface area contributed by atoms with Gasteiger partial charge in [-0.3, -0.25) is 14.4 Å². The first-order chi connectivity index (χ1) is 16.9. The van der Waals surface area contributed by atoms with Gasteiger partial charge in [-0.1, -0.05) is 31.5 Å². The number of nitrogens with one attached hydrogen (secondary N) is 2. The number of carbonyl (C=O) groups excluding carboxylic acids is 4. The van der Waals surface area contributed by atoms with E-state index in [9.17, 15) is 19.2 Å². The molecule has 0 aromatic heterocycles. The Balaban J connectivity index is 2.53. The van der Waals surface area contributed by atoms with Gasteiger partial charge in [0, 0.05) is 12.6 Å². The molecule has 0 heterocycles. The van der Waals surface area contributed by atoms with Crippen LogP contribution in [0.3, 0.4) is 0 Å². The summed E-state index contributed by atoms with van der Waals surface area (Å²) in [5.74, 6) is -1.55. The van der Waals surface area contributed by atoms with Gasteiger partial charge >= 0.3 is 6.09 Å². The summed E-state index contributed by atoms with van der Waals surface area (Å²) in [6.45, 7) is 11.5. The van der Waals surface area contributed by atoms with Gasteiger partial charge in [0.2, 0.25) is 17.7 Å². The van der Waals surface area contributed by atoms with E-state index >= 15 is 0 Å². The fourth-order valence-corrected chi connectivity index (χ4v) is 4.35. The van der Waals surface area contributed by atoms with E-state index in [0.717, 1.165) is 48.8 Å². The molecule has 1 aliphatic rings. The second-order valence-electron chi connectivity index (χ2n) is 10.6. The maximum atomic E-state index is 14.1. The highest BCUT2D eigenvalue weighted by molar-refractivity contribution is 5.95. The van der Waals surface area contributed by atoms with E-state index < -0.39 is 42.0 Å². The normalized spacial score (nSPS) is 15.3. The van der Waals surface area contributed by atoms with Crippen LogP contribution in [0.1, 0.15) is 89.0 Å². The van der Waals surface area contributed by atoms with Gasteiger partial charge in [0.15, 0.2) is 0 Å². The second kappa shape index (κ2) is 12.7. The Hall–Kier alpha value is -3.10. The van der Waals surface area contributed by atoms with E-state index in [1.54, 1.807) is 25.7 Å². The van der Waals surface area contributed by atoms with Crippen molar-refractivity contribution >= 4 is 23.8 Å². The zero-order chi connectivity index (χ0) is 27.0. The minimum Gasteiger partial charge on any atom is -0.444 e. The van der Waals surface area contributed by atoms with E-state index in [1.165, 1.54) is 0 Å². The lowest BCUT2D eigenvalue weighted by atomic mass is 9.86. The Kier molecular flexibility index (Phi) is 10.3. The van der Waals surface area contributed by atoms with Crippen LogP contribution in [-0.4, -0.2) is 52.9 Å². The van der Waals surface area contributed by atoms with Gasteiger partial charge in [-0.05, 0) is 77.0 Å². The van der Waals surface area contributed by atoms with Gasteiger partial charge in [0.05, 0.1) is 6.42 Å². The number of benzene rings is 1. The summed E-state index contributed by atoms with van der Waals surface area (Å²) in [5.41, 5.74) is 7.18. The average Bonchev–Trinajstić information content (AvgIpc) is 2.71. The summed E-state index contributed by atoms with van der Waals surface area (Å²) in [6, 6.07) is 3.38. The fourth-order valence-electron chi connectivity index (χ4n) is 4.35. The van der Waals surface area contributed by atoms with Gasteiger partial charge in [-0.25, -0.2) is 4.79 Å². The van der Waals surface area contributed by atoms with Gasteiger partial charge in [-0.15, -0.1) is 0 Å². The van der Waals surface area contributed by atoms with E-state index in [1.807, 2.05) is 39.0 Å². The summed E-state index contributed by atoms with van der Waals surface area (Å²) in [5, 5.41) is 5.52. The van der Waals surface area contributed by atoms with Crippen LogP contribution in [0.2, 0.25) is 0 Å². The lowest BCUT2D eigenvalue weighted by Gasteiger charge is -2.44. The van der Waals surface area contributed by atoms with Crippen LogP contribution in [0.15, 0.2) is 18.2 Å². The largest absolute Gasteiger partial charge is 0.444 e. The maximum Gasteiger partial charge on any atom is 0.408 e. The summed E-state index contributed by atoms with van der Waals surface area (Å²) < 4.78 is 5.32. The number of carbonyl (C=O) groups is 4. The molecule has 9 nitrogen and oxygen atoms in total. The van der Waals surface area contributed by atoms with Crippen molar-refractivity contribution in [2.45, 2.75) is 104 Å². The van der Waals surface area contributed by atoms with Crippen molar-refractivity contribution in [2.75, 3.05) is 6.54 Å². The fraction of sp³-hybridized carbons (Fsp3) is 0.630. The minimum atomic E-state index is -1.26. The van der Waals surface area contributed by atoms with Gasteiger partial charge in [0.25, 0.3) is 0 Å². The van der Waals surface area contributed by atoms with Crippen LogP contribution < -0.4 is 16.4 Å². The molecule has 36 heavy (non-hydrogen) atoms. The van der Waals surface area contributed by atoms with Crippen molar-refractivity contribution in [3.63, 3.8) is 0 Å². The number of nitrogens with two attached hydrogens (primary N) is 1. The molecule has 1 aliphatic carbocycles. The summed E-state index contributed by atoms with van der Waals surface area (Å²) in [4.78, 5) is 53.7. The van der Waals surface area contributed by atoms with Crippen LogP contribution in [0.4, 0.5) is 4.79 Å². The molecule has 1 saturated carbocycles. The SMILES string of the molecule is CCCCNC(=O)C(c1c(C)cccc1C)N(C(=O)C(CC(N)=O)NC(=O)OC(C)(C)C)C1CCC1. The predicted octanol–water partition coefficient (Wildman–Crippen LogP) is 3.41. The molecule has 0 bridgehead atoms. The molecule has 0 radical (unpaired) electrons. The zero-order valence-electron chi connectivity index (χ0n) is 22.5. The summed E-state index contributed by atoms with van der Waals surface area (Å²) in [6.07, 6.45) is 2.87. The number of ether oxygens (including phenoxy) is 1. The standard InChI is InChI=1S/C27H42N4O5/c1-7-8-15-29-24(33)23(22-17(2)11-9-12-18(22)3)31(19-13-10-14-19)25(34)20(16-21(28)32)30-26(35)36-27(4,5)6/h9,11-12,19-20,23H,7-8,10,13-16H2,1-6H3,(H2,28,32)(H,29,33)(H,30,35). The Bertz CT molecular complexity index is 932. The molecular weight excluding hydrogens is 460 g/mol. The third-order valence-corrected chi connectivity index (χ3v) is 6.29. The third kappa shape index (κ3) is 7.96. The monoisotopic (exact) mass is 502 g/mol. The molecule has 4 N–H and O–H groups in total. The molecular formula is C27H42N4O5. The number of nitrogens with zero attached hydrogens (tertiary/aromatic N) is 1. The summed E-state index contributed by atoms with van der Waals surface area (Å²) >= 11 is 0. The molecule has 2 unspecified atom stereocenters. The lowest BCUT2D eigenvalue weighted by Crippen LogP contribution is -2.58. The Morgan fingerprint density at radius 2 is 1.75 bits per heavy atom. The molecule has 1 aromatic rings. The molecule has 4 amide bonds. The van der Waals surface area contributed by atoms with E-state index in [4.69, 9.17) is 10.5 Å². The smallest absolute Gasteiger partial charge is 0.408 e. The van der Waals surface area contributed by atoms with E-state index in [2.05, 4.69) is 10.6 Å². The first-order valence-electron chi connectivity index (χ1n) is 12.8. The first-order valence-corrected chi connectivity index (χ1v) is 12.8. The van der Waals surface area contributed by atoms with Gasteiger partial charge < -0.3 is 26.0 Å². The van der Waals surface area contributed by atoms with Crippen molar-refractivity contribution in [3.05, 3.63) is 34.9 Å². The number of unbranched alkanes of at least 4 members (excludes halogenated alkanes) is 1. The molecule has 9 heteroatoms. The topological polar surface area (TPSA) is 131 Å². The number of amides is 4. The predicted molar refractivity (Wildman–Crippen MR) is 138 cm³/mol. The van der Waals surface area contributed by atoms with Crippen LogP contribution in [-0.2, 0) is 19.1 Å². The summed E-state index contributed by atoms with van der Waals surface area (Å²) in [7, 11) is 0. The van der Waals surface area contributed by atoms with Gasteiger partial charge in [-0.2, -0.15) is 0 Å². The van der Waals surface area contributed by atoms with Crippen molar-refractivity contribution in [1.82, 2.24) is 15.5 Å². The van der Waals surface area contributed by atoms with Crippen LogP contribution in [0.5, 0.6) is 0 Å². The second-order valence-corrected chi connectivity index (χ2v) is 10.6. The molecule has 0 saturated heterocycles. The highest BCUT2D eigenvalue weighted by atomic mass is 16.6. The molecule has 200 valence electrons. The molecule has 0 spiro atoms. The Morgan fingerprint density at radius 1 is 1.14 bits per heavy atom. The molecule has 2 atom stereocenters. The number of hydrogen-bond donors (Lipinski definition) is 3. The number of aryl methyl sites for hydroxylation is 2. The average molecular weight is 503 g/mol. The first kappa shape index (κ1) is 29.1. The van der Waals surface area contributed by atoms with Crippen LogP contribution >= 0.6 is 0 Å². The number of alkyl carbamates (subject to hydrolysis) is 1. The Labute approximate surface area is 214 Å². The number of primary amides is 1. The van der Waals surface area contributed by atoms with Crippen molar-refractivity contribution in [1.29, 1.82) is 0 Å². The minimum absolute atomic E-state index is 0.200. The highest BCUT2D eigenvalue weighted by Crippen LogP contribution is 2.36. The van der Waals surface area contributed by atoms with Crippen molar-refractivity contribution in [2.24, 2.45) is 5.73 Å². The highest BCUT2D eigenvalue weighted by Gasteiger charge is 2.43. The van der Waals surface area contributed by atoms with Gasteiger partial charge in [0.1, 0.15) is 17.7 Å². The zero-order valence-corrected chi connectivity index (χ0v) is 22.5. The quantitative estimate of drug-likeness (QED) is 0.399. The lowest BCUT2D eigenvalue weighted by molar-refractivity contribution is -0.148. The maximum absolute atomic E-state index is 14.1. The van der Waals surface area contributed by atoms with Crippen LogP contribution in [0, 0.1) is 13.8 Å². The number of rotatable bonds is 11.